The lowest BCUT2D eigenvalue weighted by Gasteiger charge is -2.30. The number of alkyl halides is 1. The molecule has 0 aliphatic carbocycles. The van der Waals surface area contributed by atoms with Crippen LogP contribution in [0.25, 0.3) is 0 Å². The van der Waals surface area contributed by atoms with Crippen molar-refractivity contribution in [1.29, 1.82) is 0 Å². The van der Waals surface area contributed by atoms with Gasteiger partial charge in [0.05, 0.1) is 12.3 Å². The Morgan fingerprint density at radius 3 is 2.79 bits per heavy atom. The summed E-state index contributed by atoms with van der Waals surface area (Å²) in [6, 6.07) is -0.815. The van der Waals surface area contributed by atoms with Gasteiger partial charge in [-0.2, -0.15) is 0 Å². The summed E-state index contributed by atoms with van der Waals surface area (Å²) in [6.45, 7) is 5.65. The number of esters is 1. The van der Waals surface area contributed by atoms with Crippen molar-refractivity contribution in [3.63, 3.8) is 0 Å². The van der Waals surface area contributed by atoms with Crippen LogP contribution in [0.3, 0.4) is 0 Å². The highest BCUT2D eigenvalue weighted by Gasteiger charge is 2.38. The number of ether oxygens (including phenoxy) is 1. The van der Waals surface area contributed by atoms with Gasteiger partial charge in [-0.05, 0) is 25.8 Å². The number of amides is 2. The van der Waals surface area contributed by atoms with Crippen LogP contribution in [0.5, 0.6) is 0 Å². The van der Waals surface area contributed by atoms with Crippen LogP contribution in [0.15, 0.2) is 42.2 Å². The minimum Gasteiger partial charge on any atom is -0.460 e. The molecule has 4 N–H and O–H groups in total. The monoisotopic (exact) mass is 546 g/mol. The summed E-state index contributed by atoms with van der Waals surface area (Å²) in [5.41, 5.74) is 0.847. The molecule has 1 fully saturated rings. The van der Waals surface area contributed by atoms with Crippen molar-refractivity contribution in [3.8, 4) is 0 Å². The third kappa shape index (κ3) is 8.59. The molecule has 39 heavy (non-hydrogen) atoms. The van der Waals surface area contributed by atoms with Crippen molar-refractivity contribution in [2.45, 2.75) is 70.9 Å². The van der Waals surface area contributed by atoms with E-state index in [0.29, 0.717) is 25.0 Å². The lowest BCUT2D eigenvalue weighted by molar-refractivity contribution is -0.159. The second-order valence-electron chi connectivity index (χ2n) is 10.3. The fourth-order valence-corrected chi connectivity index (χ4v) is 4.84. The van der Waals surface area contributed by atoms with Crippen LogP contribution in [-0.2, 0) is 20.7 Å². The van der Waals surface area contributed by atoms with E-state index >= 15 is 0 Å². The molecule has 1 aromatic rings. The first-order chi connectivity index (χ1) is 18.6. The molecular formula is C28H39FN4O6. The SMILES string of the molecule is CC1=C\[C@@H](O)C[C@@H](F)Cc2ncc([nH]2)C(=O)N2CCC[C@@H]2C(=O)O[C@H]([C@@H](C)CO)[C@H](C)/C=C/C(=O)NC\C=C\1. The third-order valence-electron chi connectivity index (χ3n) is 6.96. The van der Waals surface area contributed by atoms with E-state index in [4.69, 9.17) is 4.74 Å². The molecular weight excluding hydrogens is 507 g/mol. The molecule has 2 bridgehead atoms. The Morgan fingerprint density at radius 1 is 1.28 bits per heavy atom. The van der Waals surface area contributed by atoms with Gasteiger partial charge in [0.25, 0.3) is 5.91 Å². The van der Waals surface area contributed by atoms with Crippen LogP contribution in [-0.4, -0.2) is 87.0 Å². The number of cyclic esters (lactones) is 1. The highest BCUT2D eigenvalue weighted by atomic mass is 19.1. The van der Waals surface area contributed by atoms with Gasteiger partial charge in [0.15, 0.2) is 0 Å². The molecule has 10 nitrogen and oxygen atoms in total. The zero-order chi connectivity index (χ0) is 28.5. The van der Waals surface area contributed by atoms with Gasteiger partial charge in [-0.25, -0.2) is 14.2 Å². The second kappa shape index (κ2) is 14.2. The standard InChI is InChI=1S/C28H39FN4O6/c1-17-6-4-10-30-25(36)9-8-18(2)26(19(3)16-34)39-28(38)23-7-5-11-33(23)27(37)22-15-31-24(32-22)14-20(29)13-21(35)12-17/h4,6,8-9,12,15,18-21,23,26,34-35H,5,7,10-11,13-14,16H2,1-3H3,(H,30,36)(H,31,32)/b6-4+,9-8+,17-12+/t18-,19+,20-,21-,23-,26+/m1/s1. The minimum absolute atomic E-state index is 0.115. The zero-order valence-electron chi connectivity index (χ0n) is 22.7. The van der Waals surface area contributed by atoms with E-state index in [1.54, 1.807) is 39.0 Å². The summed E-state index contributed by atoms with van der Waals surface area (Å²) in [5, 5.41) is 22.7. The molecule has 0 unspecified atom stereocenters. The van der Waals surface area contributed by atoms with E-state index in [-0.39, 0.29) is 49.3 Å². The number of hydrogen-bond acceptors (Lipinski definition) is 7. The van der Waals surface area contributed by atoms with Gasteiger partial charge in [0.2, 0.25) is 5.91 Å². The lowest BCUT2D eigenvalue weighted by Crippen LogP contribution is -2.44. The highest BCUT2D eigenvalue weighted by molar-refractivity contribution is 5.95. The smallest absolute Gasteiger partial charge is 0.329 e. The number of fused-ring (bicyclic) bond motifs is 3. The second-order valence-corrected chi connectivity index (χ2v) is 10.3. The Labute approximate surface area is 228 Å². The molecule has 3 rings (SSSR count). The Balaban J connectivity index is 1.86. The Bertz CT molecular complexity index is 1100. The Kier molecular flexibility index (Phi) is 11.0. The molecule has 1 aromatic heterocycles. The molecule has 0 aromatic carbocycles. The van der Waals surface area contributed by atoms with Gasteiger partial charge in [-0.1, -0.05) is 43.7 Å². The van der Waals surface area contributed by atoms with Crippen molar-refractivity contribution in [2.24, 2.45) is 11.8 Å². The molecule has 2 amide bonds. The van der Waals surface area contributed by atoms with Crippen molar-refractivity contribution in [2.75, 3.05) is 19.7 Å². The molecule has 2 aliphatic rings. The molecule has 11 heteroatoms. The molecule has 3 heterocycles. The van der Waals surface area contributed by atoms with Crippen LogP contribution < -0.4 is 5.32 Å². The maximum atomic E-state index is 14.7. The van der Waals surface area contributed by atoms with E-state index < -0.39 is 42.2 Å². The van der Waals surface area contributed by atoms with E-state index in [2.05, 4.69) is 15.3 Å². The Hall–Kier alpha value is -3.31. The zero-order valence-corrected chi connectivity index (χ0v) is 22.7. The van der Waals surface area contributed by atoms with Gasteiger partial charge in [0.1, 0.15) is 29.8 Å². The number of aromatic nitrogens is 2. The molecule has 6 atom stereocenters. The number of nitrogens with zero attached hydrogens (tertiary/aromatic N) is 2. The lowest BCUT2D eigenvalue weighted by atomic mass is 9.93. The fraction of sp³-hybridized carbons (Fsp3) is 0.571. The van der Waals surface area contributed by atoms with Gasteiger partial charge < -0.3 is 30.2 Å². The Morgan fingerprint density at radius 2 is 2.05 bits per heavy atom. The average Bonchev–Trinajstić information content (AvgIpc) is 3.57. The maximum Gasteiger partial charge on any atom is 0.329 e. The summed E-state index contributed by atoms with van der Waals surface area (Å²) in [5.74, 6) is -1.90. The molecule has 0 spiro atoms. The number of aliphatic hydroxyl groups excluding tert-OH is 2. The first kappa shape index (κ1) is 30.2. The largest absolute Gasteiger partial charge is 0.460 e. The summed E-state index contributed by atoms with van der Waals surface area (Å²) in [6.07, 6.45) is 6.88. The van der Waals surface area contributed by atoms with Crippen LogP contribution >= 0.6 is 0 Å². The average molecular weight is 547 g/mol. The summed E-state index contributed by atoms with van der Waals surface area (Å²) in [7, 11) is 0. The van der Waals surface area contributed by atoms with Gasteiger partial charge in [-0.3, -0.25) is 9.59 Å². The number of allylic oxidation sites excluding steroid dienone is 2. The first-order valence-corrected chi connectivity index (χ1v) is 13.4. The maximum absolute atomic E-state index is 14.7. The highest BCUT2D eigenvalue weighted by Crippen LogP contribution is 2.25. The van der Waals surface area contributed by atoms with Crippen LogP contribution in [0.1, 0.15) is 56.3 Å². The molecule has 2 aliphatic heterocycles. The van der Waals surface area contributed by atoms with Crippen molar-refractivity contribution < 1.29 is 33.7 Å². The number of carbonyl (C=O) groups excluding carboxylic acids is 3. The number of rotatable bonds is 2. The number of aliphatic hydroxyl groups is 2. The predicted octanol–water partition coefficient (Wildman–Crippen LogP) is 2.01. The molecule has 214 valence electrons. The van der Waals surface area contributed by atoms with Crippen molar-refractivity contribution in [1.82, 2.24) is 20.2 Å². The van der Waals surface area contributed by atoms with Crippen molar-refractivity contribution >= 4 is 17.8 Å². The third-order valence-corrected chi connectivity index (χ3v) is 6.96. The van der Waals surface area contributed by atoms with Gasteiger partial charge >= 0.3 is 5.97 Å². The topological polar surface area (TPSA) is 145 Å². The number of halogens is 1. The van der Waals surface area contributed by atoms with E-state index in [1.807, 2.05) is 0 Å². The van der Waals surface area contributed by atoms with Crippen LogP contribution in [0.4, 0.5) is 4.39 Å². The number of aromatic amines is 1. The summed E-state index contributed by atoms with van der Waals surface area (Å²) >= 11 is 0. The number of nitrogens with one attached hydrogen (secondary N) is 2. The van der Waals surface area contributed by atoms with Crippen LogP contribution in [0.2, 0.25) is 0 Å². The summed E-state index contributed by atoms with van der Waals surface area (Å²) in [4.78, 5) is 47.1. The normalized spacial score (nSPS) is 31.8. The quantitative estimate of drug-likeness (QED) is 0.415. The predicted molar refractivity (Wildman–Crippen MR) is 142 cm³/mol. The van der Waals surface area contributed by atoms with Crippen LogP contribution in [0, 0.1) is 11.8 Å². The van der Waals surface area contributed by atoms with E-state index in [9.17, 15) is 29.0 Å². The van der Waals surface area contributed by atoms with Crippen molar-refractivity contribution in [3.05, 3.63) is 53.7 Å². The molecule has 1 saturated heterocycles. The fourth-order valence-electron chi connectivity index (χ4n) is 4.84. The number of hydrogen-bond donors (Lipinski definition) is 4. The minimum atomic E-state index is -1.41. The summed E-state index contributed by atoms with van der Waals surface area (Å²) < 4.78 is 20.5. The molecule has 0 radical (unpaired) electrons. The number of carbonyl (C=O) groups is 3. The van der Waals surface area contributed by atoms with E-state index in [1.165, 1.54) is 23.2 Å². The van der Waals surface area contributed by atoms with Gasteiger partial charge in [-0.15, -0.1) is 0 Å². The number of H-pyrrole nitrogens is 1. The number of imidazole rings is 1. The van der Waals surface area contributed by atoms with E-state index in [0.717, 1.165) is 0 Å². The molecule has 0 saturated carbocycles. The van der Waals surface area contributed by atoms with Gasteiger partial charge in [0, 0.05) is 44.4 Å². The first-order valence-electron chi connectivity index (χ1n) is 13.4.